The molecule has 0 spiro atoms. The Morgan fingerprint density at radius 3 is 2.46 bits per heavy atom. The fourth-order valence-electron chi connectivity index (χ4n) is 2.71. The van der Waals surface area contributed by atoms with Gasteiger partial charge in [-0.3, -0.25) is 14.9 Å². The molecule has 6 heteroatoms. The van der Waals surface area contributed by atoms with E-state index in [-0.39, 0.29) is 17.5 Å². The number of rotatable bonds is 6. The summed E-state index contributed by atoms with van der Waals surface area (Å²) in [6.07, 6.45) is 0. The van der Waals surface area contributed by atoms with Crippen molar-refractivity contribution in [3.05, 3.63) is 91.7 Å². The van der Waals surface area contributed by atoms with E-state index in [9.17, 15) is 14.9 Å². The van der Waals surface area contributed by atoms with E-state index in [1.54, 1.807) is 23.5 Å². The Bertz CT molecular complexity index is 934. The molecule has 0 unspecified atom stereocenters. The van der Waals surface area contributed by atoms with Crippen molar-refractivity contribution in [2.75, 3.05) is 5.32 Å². The number of nitrogens with zero attached hydrogens (tertiary/aromatic N) is 1. The van der Waals surface area contributed by atoms with Crippen LogP contribution in [-0.4, -0.2) is 10.7 Å². The van der Waals surface area contributed by atoms with Gasteiger partial charge in [-0.25, -0.2) is 0 Å². The van der Waals surface area contributed by atoms with Gasteiger partial charge in [-0.1, -0.05) is 35.9 Å². The molecule has 0 aliphatic heterocycles. The van der Waals surface area contributed by atoms with Crippen molar-refractivity contribution in [2.45, 2.75) is 19.9 Å². The summed E-state index contributed by atoms with van der Waals surface area (Å²) in [6.45, 7) is 3.41. The van der Waals surface area contributed by atoms with Crippen LogP contribution in [0.15, 0.2) is 60.0 Å². The average molecular weight is 366 g/mol. The van der Waals surface area contributed by atoms with E-state index in [2.05, 4.69) is 5.32 Å². The normalized spacial score (nSPS) is 11.8. The zero-order valence-electron chi connectivity index (χ0n) is 14.4. The van der Waals surface area contributed by atoms with Crippen LogP contribution in [0.25, 0.3) is 0 Å². The molecule has 0 aliphatic rings. The fourth-order valence-corrected chi connectivity index (χ4v) is 3.51. The molecule has 26 heavy (non-hydrogen) atoms. The predicted octanol–water partition coefficient (Wildman–Crippen LogP) is 5.37. The monoisotopic (exact) mass is 366 g/mol. The third-order valence-electron chi connectivity index (χ3n) is 4.14. The Balaban J connectivity index is 2.03. The number of nitro benzene ring substituents is 1. The van der Waals surface area contributed by atoms with Crippen molar-refractivity contribution < 1.29 is 9.72 Å². The van der Waals surface area contributed by atoms with E-state index in [0.717, 1.165) is 16.0 Å². The first-order valence-corrected chi connectivity index (χ1v) is 8.99. The van der Waals surface area contributed by atoms with Crippen molar-refractivity contribution in [3.8, 4) is 0 Å². The van der Waals surface area contributed by atoms with Gasteiger partial charge in [-0.2, -0.15) is 0 Å². The molecule has 3 rings (SSSR count). The highest BCUT2D eigenvalue weighted by Crippen LogP contribution is 2.34. The summed E-state index contributed by atoms with van der Waals surface area (Å²) in [7, 11) is 0. The Morgan fingerprint density at radius 1 is 1.15 bits per heavy atom. The number of aryl methyl sites for hydroxylation is 1. The number of anilines is 1. The van der Waals surface area contributed by atoms with Gasteiger partial charge in [0.05, 0.1) is 11.0 Å². The largest absolute Gasteiger partial charge is 0.368 e. The van der Waals surface area contributed by atoms with Gasteiger partial charge in [-0.05, 0) is 43.0 Å². The summed E-state index contributed by atoms with van der Waals surface area (Å²) in [5.74, 6) is -0.201. The molecule has 132 valence electrons. The standard InChI is InChI=1S/C20H18N2O3S/c1-13-5-7-15(8-6-13)20(19-4-3-11-26-19)21-17-10-9-16(14(2)23)12-18(17)22(24)25/h3-12,20-21H,1-2H3/t20-/m0/s1. The maximum absolute atomic E-state index is 11.6. The summed E-state index contributed by atoms with van der Waals surface area (Å²) in [6, 6.07) is 16.3. The van der Waals surface area contributed by atoms with Crippen LogP contribution in [0.2, 0.25) is 0 Å². The summed E-state index contributed by atoms with van der Waals surface area (Å²) in [5, 5.41) is 16.8. The number of carbonyl (C=O) groups is 1. The highest BCUT2D eigenvalue weighted by atomic mass is 32.1. The molecule has 1 aromatic heterocycles. The summed E-state index contributed by atoms with van der Waals surface area (Å²) < 4.78 is 0. The van der Waals surface area contributed by atoms with Crippen molar-refractivity contribution >= 4 is 28.5 Å². The van der Waals surface area contributed by atoms with Crippen LogP contribution in [0.5, 0.6) is 0 Å². The Morgan fingerprint density at radius 2 is 1.88 bits per heavy atom. The van der Waals surface area contributed by atoms with Gasteiger partial charge < -0.3 is 5.32 Å². The van der Waals surface area contributed by atoms with Gasteiger partial charge in [0.2, 0.25) is 0 Å². The molecule has 0 amide bonds. The first-order valence-electron chi connectivity index (χ1n) is 8.11. The van der Waals surface area contributed by atoms with E-state index in [0.29, 0.717) is 11.3 Å². The zero-order chi connectivity index (χ0) is 18.7. The number of thiophene rings is 1. The topological polar surface area (TPSA) is 72.2 Å². The van der Waals surface area contributed by atoms with E-state index in [1.807, 2.05) is 48.7 Å². The molecule has 0 saturated carbocycles. The van der Waals surface area contributed by atoms with E-state index < -0.39 is 4.92 Å². The van der Waals surface area contributed by atoms with Crippen LogP contribution >= 0.6 is 11.3 Å². The molecule has 0 aliphatic carbocycles. The third kappa shape index (κ3) is 3.81. The van der Waals surface area contributed by atoms with Crippen molar-refractivity contribution in [1.29, 1.82) is 0 Å². The smallest absolute Gasteiger partial charge is 0.293 e. The van der Waals surface area contributed by atoms with Gasteiger partial charge in [0, 0.05) is 16.5 Å². The number of ketones is 1. The fraction of sp³-hybridized carbons (Fsp3) is 0.150. The van der Waals surface area contributed by atoms with Crippen LogP contribution in [0.1, 0.15) is 39.3 Å². The maximum Gasteiger partial charge on any atom is 0.293 e. The highest BCUT2D eigenvalue weighted by molar-refractivity contribution is 7.10. The number of Topliss-reactive ketones (excluding diaryl/α,β-unsaturated/α-hetero) is 1. The minimum absolute atomic E-state index is 0.105. The Kier molecular flexibility index (Phi) is 5.14. The number of benzene rings is 2. The van der Waals surface area contributed by atoms with E-state index in [1.165, 1.54) is 13.0 Å². The average Bonchev–Trinajstić information content (AvgIpc) is 3.14. The molecule has 0 saturated heterocycles. The van der Waals surface area contributed by atoms with Gasteiger partial charge >= 0.3 is 0 Å². The number of hydrogen-bond acceptors (Lipinski definition) is 5. The van der Waals surface area contributed by atoms with Gasteiger partial charge in [0.25, 0.3) is 5.69 Å². The zero-order valence-corrected chi connectivity index (χ0v) is 15.2. The lowest BCUT2D eigenvalue weighted by molar-refractivity contribution is -0.384. The molecule has 0 radical (unpaired) electrons. The van der Waals surface area contributed by atoms with Gasteiger partial charge in [-0.15, -0.1) is 11.3 Å². The number of nitro groups is 1. The maximum atomic E-state index is 11.6. The van der Waals surface area contributed by atoms with E-state index >= 15 is 0 Å². The van der Waals surface area contributed by atoms with Crippen LogP contribution in [0.4, 0.5) is 11.4 Å². The van der Waals surface area contributed by atoms with Crippen molar-refractivity contribution in [2.24, 2.45) is 0 Å². The van der Waals surface area contributed by atoms with Crippen LogP contribution in [0.3, 0.4) is 0 Å². The molecule has 0 fully saturated rings. The first kappa shape index (κ1) is 17.8. The molecular formula is C20H18N2O3S. The second-order valence-electron chi connectivity index (χ2n) is 6.05. The molecule has 0 bridgehead atoms. The number of carbonyl (C=O) groups excluding carboxylic acids is 1. The van der Waals surface area contributed by atoms with Crippen LogP contribution in [-0.2, 0) is 0 Å². The van der Waals surface area contributed by atoms with Crippen LogP contribution < -0.4 is 5.32 Å². The lowest BCUT2D eigenvalue weighted by atomic mass is 10.0. The lowest BCUT2D eigenvalue weighted by Gasteiger charge is -2.20. The SMILES string of the molecule is CC(=O)c1ccc(N[C@@H](c2ccc(C)cc2)c2cccs2)c([N+](=O)[O-])c1. The van der Waals surface area contributed by atoms with Crippen molar-refractivity contribution in [3.63, 3.8) is 0 Å². The second kappa shape index (κ2) is 7.49. The van der Waals surface area contributed by atoms with E-state index in [4.69, 9.17) is 0 Å². The predicted molar refractivity (Wildman–Crippen MR) is 104 cm³/mol. The van der Waals surface area contributed by atoms with Gasteiger partial charge in [0.15, 0.2) is 5.78 Å². The van der Waals surface area contributed by atoms with Crippen molar-refractivity contribution in [1.82, 2.24) is 0 Å². The number of hydrogen-bond donors (Lipinski definition) is 1. The molecular weight excluding hydrogens is 348 g/mol. The van der Waals surface area contributed by atoms with Gasteiger partial charge in [0.1, 0.15) is 5.69 Å². The Hall–Kier alpha value is -2.99. The highest BCUT2D eigenvalue weighted by Gasteiger charge is 2.21. The summed E-state index contributed by atoms with van der Waals surface area (Å²) in [4.78, 5) is 23.6. The molecule has 1 N–H and O–H groups in total. The summed E-state index contributed by atoms with van der Waals surface area (Å²) in [5.41, 5.74) is 2.77. The second-order valence-corrected chi connectivity index (χ2v) is 7.03. The third-order valence-corrected chi connectivity index (χ3v) is 5.08. The van der Waals surface area contributed by atoms with Crippen LogP contribution in [0, 0.1) is 17.0 Å². The lowest BCUT2D eigenvalue weighted by Crippen LogP contribution is -2.12. The molecule has 5 nitrogen and oxygen atoms in total. The number of nitrogens with one attached hydrogen (secondary N) is 1. The minimum atomic E-state index is -0.463. The first-order chi connectivity index (χ1) is 12.5. The Labute approximate surface area is 155 Å². The summed E-state index contributed by atoms with van der Waals surface area (Å²) >= 11 is 1.59. The molecule has 1 heterocycles. The molecule has 3 aromatic rings. The molecule has 2 aromatic carbocycles. The molecule has 1 atom stereocenters. The minimum Gasteiger partial charge on any atom is -0.368 e. The quantitative estimate of drug-likeness (QED) is 0.362.